The molecule has 1 aromatic rings. The Kier molecular flexibility index (Phi) is 11.3. The van der Waals surface area contributed by atoms with Crippen molar-refractivity contribution in [3.8, 4) is 5.75 Å². The average molecular weight is 339 g/mol. The van der Waals surface area contributed by atoms with Gasteiger partial charge in [0, 0.05) is 26.7 Å². The molecular formula is C18H29NO5. The van der Waals surface area contributed by atoms with Crippen LogP contribution in [0.4, 0.5) is 0 Å². The standard InChI is InChI=1S/C14H19NO4.C4H10O/c1-11(16)15-10-6-9-14(2,13(17)18)19-12-7-4-3-5-8-12;1-3-5-4-2/h3-5,7-8H,6,9-10H2,1-2H3,(H,15,16)(H,17,18);3-4H2,1-2H3. The second-order valence-corrected chi connectivity index (χ2v) is 5.32. The lowest BCUT2D eigenvalue weighted by molar-refractivity contribution is -0.154. The third-order valence-corrected chi connectivity index (χ3v) is 3.15. The van der Waals surface area contributed by atoms with Crippen LogP contribution < -0.4 is 10.1 Å². The highest BCUT2D eigenvalue weighted by atomic mass is 16.5. The molecule has 0 heterocycles. The number of benzene rings is 1. The molecule has 24 heavy (non-hydrogen) atoms. The fourth-order valence-corrected chi connectivity index (χ4v) is 1.84. The van der Waals surface area contributed by atoms with Gasteiger partial charge in [-0.25, -0.2) is 4.79 Å². The molecule has 0 radical (unpaired) electrons. The van der Waals surface area contributed by atoms with Gasteiger partial charge in [-0.05, 0) is 45.7 Å². The highest BCUT2D eigenvalue weighted by Crippen LogP contribution is 2.22. The molecule has 1 rings (SSSR count). The smallest absolute Gasteiger partial charge is 0.347 e. The first-order chi connectivity index (χ1) is 11.4. The number of carbonyl (C=O) groups is 2. The molecule has 1 aromatic carbocycles. The summed E-state index contributed by atoms with van der Waals surface area (Å²) in [7, 11) is 0. The first-order valence-corrected chi connectivity index (χ1v) is 8.15. The molecule has 0 aliphatic rings. The Morgan fingerprint density at radius 2 is 1.75 bits per heavy atom. The van der Waals surface area contributed by atoms with E-state index in [2.05, 4.69) is 5.32 Å². The maximum atomic E-state index is 11.3. The van der Waals surface area contributed by atoms with Crippen LogP contribution in [0.15, 0.2) is 30.3 Å². The first-order valence-electron chi connectivity index (χ1n) is 8.15. The van der Waals surface area contributed by atoms with Crippen molar-refractivity contribution < 1.29 is 24.2 Å². The lowest BCUT2D eigenvalue weighted by atomic mass is 10.00. The summed E-state index contributed by atoms with van der Waals surface area (Å²) in [5.41, 5.74) is -1.29. The summed E-state index contributed by atoms with van der Waals surface area (Å²) in [5.74, 6) is -0.618. The molecule has 0 aliphatic carbocycles. The van der Waals surface area contributed by atoms with Crippen molar-refractivity contribution in [2.24, 2.45) is 0 Å². The predicted octanol–water partition coefficient (Wildman–Crippen LogP) is 2.87. The zero-order chi connectivity index (χ0) is 18.4. The summed E-state index contributed by atoms with van der Waals surface area (Å²) in [6, 6.07) is 8.84. The van der Waals surface area contributed by atoms with E-state index in [-0.39, 0.29) is 5.91 Å². The molecular weight excluding hydrogens is 310 g/mol. The van der Waals surface area contributed by atoms with Crippen molar-refractivity contribution in [3.05, 3.63) is 30.3 Å². The minimum atomic E-state index is -1.29. The minimum Gasteiger partial charge on any atom is -0.478 e. The van der Waals surface area contributed by atoms with Gasteiger partial charge in [-0.15, -0.1) is 0 Å². The number of carboxylic acids is 1. The van der Waals surface area contributed by atoms with Gasteiger partial charge in [-0.1, -0.05) is 18.2 Å². The van der Waals surface area contributed by atoms with Crippen LogP contribution in [0.1, 0.15) is 40.5 Å². The molecule has 0 saturated heterocycles. The van der Waals surface area contributed by atoms with Gasteiger partial charge < -0.3 is 19.9 Å². The molecule has 1 unspecified atom stereocenters. The Hall–Kier alpha value is -2.08. The van der Waals surface area contributed by atoms with Gasteiger partial charge in [0.1, 0.15) is 5.75 Å². The molecule has 0 spiro atoms. The Morgan fingerprint density at radius 1 is 1.17 bits per heavy atom. The van der Waals surface area contributed by atoms with Crippen LogP contribution in [-0.4, -0.2) is 42.3 Å². The molecule has 1 amide bonds. The van der Waals surface area contributed by atoms with Crippen molar-refractivity contribution in [2.45, 2.75) is 46.1 Å². The highest BCUT2D eigenvalue weighted by molar-refractivity contribution is 5.77. The average Bonchev–Trinajstić information content (AvgIpc) is 2.54. The van der Waals surface area contributed by atoms with Gasteiger partial charge in [0.2, 0.25) is 11.5 Å². The topological polar surface area (TPSA) is 84.9 Å². The molecule has 1 atom stereocenters. The third-order valence-electron chi connectivity index (χ3n) is 3.15. The lowest BCUT2D eigenvalue weighted by Crippen LogP contribution is -2.42. The monoisotopic (exact) mass is 339 g/mol. The molecule has 6 nitrogen and oxygen atoms in total. The van der Waals surface area contributed by atoms with E-state index in [1.54, 1.807) is 24.3 Å². The number of ether oxygens (including phenoxy) is 2. The van der Waals surface area contributed by atoms with Crippen LogP contribution in [0.5, 0.6) is 5.75 Å². The molecule has 0 aromatic heterocycles. The highest BCUT2D eigenvalue weighted by Gasteiger charge is 2.35. The molecule has 2 N–H and O–H groups in total. The third kappa shape index (κ3) is 9.84. The van der Waals surface area contributed by atoms with Crippen LogP contribution in [0.3, 0.4) is 0 Å². The molecule has 0 fully saturated rings. The fraction of sp³-hybridized carbons (Fsp3) is 0.556. The second kappa shape index (κ2) is 12.4. The van der Waals surface area contributed by atoms with Crippen LogP contribution in [0, 0.1) is 0 Å². The van der Waals surface area contributed by atoms with Crippen molar-refractivity contribution in [3.63, 3.8) is 0 Å². The van der Waals surface area contributed by atoms with E-state index in [1.807, 2.05) is 19.9 Å². The fourth-order valence-electron chi connectivity index (χ4n) is 1.84. The van der Waals surface area contributed by atoms with Gasteiger partial charge in [-0.3, -0.25) is 4.79 Å². The summed E-state index contributed by atoms with van der Waals surface area (Å²) in [6.07, 6.45) is 0.854. The maximum absolute atomic E-state index is 11.3. The number of carbonyl (C=O) groups excluding carboxylic acids is 1. The van der Waals surface area contributed by atoms with Crippen LogP contribution in [-0.2, 0) is 14.3 Å². The van der Waals surface area contributed by atoms with Gasteiger partial charge >= 0.3 is 5.97 Å². The van der Waals surface area contributed by atoms with Crippen LogP contribution in [0.25, 0.3) is 0 Å². The zero-order valence-electron chi connectivity index (χ0n) is 15.0. The number of para-hydroxylation sites is 1. The molecule has 0 bridgehead atoms. The van der Waals surface area contributed by atoms with Crippen molar-refractivity contribution in [1.82, 2.24) is 5.32 Å². The molecule has 0 aliphatic heterocycles. The minimum absolute atomic E-state index is 0.124. The lowest BCUT2D eigenvalue weighted by Gasteiger charge is -2.26. The van der Waals surface area contributed by atoms with Crippen molar-refractivity contribution in [2.75, 3.05) is 19.8 Å². The summed E-state index contributed by atoms with van der Waals surface area (Å²) < 4.78 is 10.4. The summed E-state index contributed by atoms with van der Waals surface area (Å²) in [4.78, 5) is 22.1. The maximum Gasteiger partial charge on any atom is 0.347 e. The summed E-state index contributed by atoms with van der Waals surface area (Å²) in [6.45, 7) is 9.07. The number of aliphatic carboxylic acids is 1. The Balaban J connectivity index is 0.000000922. The van der Waals surface area contributed by atoms with Gasteiger partial charge in [0.05, 0.1) is 0 Å². The van der Waals surface area contributed by atoms with E-state index in [0.29, 0.717) is 25.1 Å². The largest absolute Gasteiger partial charge is 0.478 e. The SMILES string of the molecule is CC(=O)NCCCC(C)(Oc1ccccc1)C(=O)O.CCOCC. The van der Waals surface area contributed by atoms with E-state index in [9.17, 15) is 14.7 Å². The van der Waals surface area contributed by atoms with E-state index < -0.39 is 11.6 Å². The van der Waals surface area contributed by atoms with Crippen LogP contribution >= 0.6 is 0 Å². The van der Waals surface area contributed by atoms with E-state index in [4.69, 9.17) is 9.47 Å². The molecule has 6 heteroatoms. The summed E-state index contributed by atoms with van der Waals surface area (Å²) in [5, 5.41) is 11.9. The Morgan fingerprint density at radius 3 is 2.17 bits per heavy atom. The first kappa shape index (κ1) is 21.9. The number of amides is 1. The number of rotatable bonds is 9. The van der Waals surface area contributed by atoms with Crippen molar-refractivity contribution >= 4 is 11.9 Å². The molecule has 0 saturated carbocycles. The van der Waals surface area contributed by atoms with Crippen LogP contribution in [0.2, 0.25) is 0 Å². The number of hydrogen-bond acceptors (Lipinski definition) is 4. The number of hydrogen-bond donors (Lipinski definition) is 2. The van der Waals surface area contributed by atoms with E-state index in [0.717, 1.165) is 13.2 Å². The zero-order valence-corrected chi connectivity index (χ0v) is 15.0. The van der Waals surface area contributed by atoms with Crippen molar-refractivity contribution in [1.29, 1.82) is 0 Å². The number of carboxylic acid groups (broad SMARTS) is 1. The summed E-state index contributed by atoms with van der Waals surface area (Å²) >= 11 is 0. The van der Waals surface area contributed by atoms with E-state index in [1.165, 1.54) is 13.8 Å². The van der Waals surface area contributed by atoms with Gasteiger partial charge in [-0.2, -0.15) is 0 Å². The normalized spacial score (nSPS) is 12.3. The van der Waals surface area contributed by atoms with Gasteiger partial charge in [0.15, 0.2) is 0 Å². The Bertz CT molecular complexity index is 476. The quantitative estimate of drug-likeness (QED) is 0.676. The van der Waals surface area contributed by atoms with E-state index >= 15 is 0 Å². The molecule has 136 valence electrons. The number of nitrogens with one attached hydrogen (secondary N) is 1. The van der Waals surface area contributed by atoms with Gasteiger partial charge in [0.25, 0.3) is 0 Å². The Labute approximate surface area is 144 Å². The predicted molar refractivity (Wildman–Crippen MR) is 93.2 cm³/mol. The second-order valence-electron chi connectivity index (χ2n) is 5.32.